The summed E-state index contributed by atoms with van der Waals surface area (Å²) in [7, 11) is 0. The van der Waals surface area contributed by atoms with E-state index in [9.17, 15) is 19.5 Å². The van der Waals surface area contributed by atoms with Gasteiger partial charge < -0.3 is 15.7 Å². The van der Waals surface area contributed by atoms with Crippen LogP contribution >= 0.6 is 0 Å². The van der Waals surface area contributed by atoms with Crippen molar-refractivity contribution in [3.8, 4) is 0 Å². The molecule has 3 saturated carbocycles. The van der Waals surface area contributed by atoms with Crippen LogP contribution in [0.25, 0.3) is 0 Å². The van der Waals surface area contributed by atoms with Gasteiger partial charge in [-0.3, -0.25) is 14.4 Å². The molecule has 0 saturated heterocycles. The Hall–Kier alpha value is -1.59. The van der Waals surface area contributed by atoms with Crippen LogP contribution in [0, 0.1) is 17.8 Å². The first kappa shape index (κ1) is 18.2. The second-order valence-corrected chi connectivity index (χ2v) is 8.03. The summed E-state index contributed by atoms with van der Waals surface area (Å²) in [5.74, 6) is -0.905. The molecule has 0 aromatic heterocycles. The normalized spacial score (nSPS) is 33.1. The van der Waals surface area contributed by atoms with Crippen LogP contribution in [-0.4, -0.2) is 35.0 Å². The highest BCUT2D eigenvalue weighted by Gasteiger charge is 2.36. The van der Waals surface area contributed by atoms with Crippen molar-refractivity contribution in [1.82, 2.24) is 10.6 Å². The fourth-order valence-electron chi connectivity index (χ4n) is 4.74. The lowest BCUT2D eigenvalue weighted by atomic mass is 9.85. The van der Waals surface area contributed by atoms with Crippen LogP contribution in [0.15, 0.2) is 0 Å². The van der Waals surface area contributed by atoms with Crippen LogP contribution in [0.4, 0.5) is 0 Å². The second-order valence-electron chi connectivity index (χ2n) is 8.03. The van der Waals surface area contributed by atoms with Crippen molar-refractivity contribution in [1.29, 1.82) is 0 Å². The van der Waals surface area contributed by atoms with Crippen LogP contribution in [0.2, 0.25) is 0 Å². The van der Waals surface area contributed by atoms with Gasteiger partial charge in [-0.25, -0.2) is 0 Å². The SMILES string of the molecule is O=C(NC1CCC(C(=O)N[C@H]2CCC[C@H]2C(=O)O)CC1)C1CCCC1. The summed E-state index contributed by atoms with van der Waals surface area (Å²) in [6.45, 7) is 0. The Morgan fingerprint density at radius 2 is 1.28 bits per heavy atom. The second kappa shape index (κ2) is 8.19. The minimum Gasteiger partial charge on any atom is -0.481 e. The van der Waals surface area contributed by atoms with Crippen LogP contribution in [-0.2, 0) is 14.4 Å². The van der Waals surface area contributed by atoms with Gasteiger partial charge in [0.2, 0.25) is 11.8 Å². The topological polar surface area (TPSA) is 95.5 Å². The van der Waals surface area contributed by atoms with Crippen molar-refractivity contribution in [3.63, 3.8) is 0 Å². The minimum atomic E-state index is -0.805. The molecule has 2 atom stereocenters. The summed E-state index contributed by atoms with van der Waals surface area (Å²) in [6, 6.07) is -0.0276. The number of aliphatic carboxylic acids is 1. The van der Waals surface area contributed by atoms with E-state index in [0.717, 1.165) is 64.2 Å². The van der Waals surface area contributed by atoms with Gasteiger partial charge >= 0.3 is 5.97 Å². The van der Waals surface area contributed by atoms with Crippen molar-refractivity contribution in [2.45, 2.75) is 82.7 Å². The van der Waals surface area contributed by atoms with E-state index in [0.29, 0.717) is 6.42 Å². The molecular formula is C19H30N2O4. The van der Waals surface area contributed by atoms with E-state index >= 15 is 0 Å². The maximum atomic E-state index is 12.5. The summed E-state index contributed by atoms with van der Waals surface area (Å²) in [5.41, 5.74) is 0. The van der Waals surface area contributed by atoms with Crippen LogP contribution < -0.4 is 10.6 Å². The molecule has 3 aliphatic carbocycles. The van der Waals surface area contributed by atoms with E-state index in [-0.39, 0.29) is 35.7 Å². The molecule has 2 amide bonds. The van der Waals surface area contributed by atoms with Gasteiger partial charge in [-0.1, -0.05) is 19.3 Å². The van der Waals surface area contributed by atoms with Gasteiger partial charge in [0.05, 0.1) is 5.92 Å². The first-order chi connectivity index (χ1) is 12.0. The van der Waals surface area contributed by atoms with Gasteiger partial charge in [0.1, 0.15) is 0 Å². The molecule has 25 heavy (non-hydrogen) atoms. The molecule has 3 fully saturated rings. The lowest BCUT2D eigenvalue weighted by molar-refractivity contribution is -0.142. The summed E-state index contributed by atoms with van der Waals surface area (Å²) in [4.78, 5) is 35.9. The molecule has 0 aromatic rings. The van der Waals surface area contributed by atoms with Crippen molar-refractivity contribution in [2.75, 3.05) is 0 Å². The van der Waals surface area contributed by atoms with Crippen LogP contribution in [0.5, 0.6) is 0 Å². The molecule has 3 rings (SSSR count). The number of carbonyl (C=O) groups is 3. The van der Waals surface area contributed by atoms with E-state index in [1.54, 1.807) is 0 Å². The highest BCUT2D eigenvalue weighted by atomic mass is 16.4. The zero-order valence-electron chi connectivity index (χ0n) is 14.8. The predicted molar refractivity (Wildman–Crippen MR) is 92.8 cm³/mol. The molecule has 3 aliphatic rings. The largest absolute Gasteiger partial charge is 0.481 e. The molecule has 140 valence electrons. The zero-order chi connectivity index (χ0) is 17.8. The molecule has 0 aliphatic heterocycles. The van der Waals surface area contributed by atoms with Crippen molar-refractivity contribution in [2.24, 2.45) is 17.8 Å². The number of hydrogen-bond acceptors (Lipinski definition) is 3. The van der Waals surface area contributed by atoms with E-state index in [2.05, 4.69) is 10.6 Å². The highest BCUT2D eigenvalue weighted by Crippen LogP contribution is 2.30. The number of amides is 2. The quantitative estimate of drug-likeness (QED) is 0.708. The van der Waals surface area contributed by atoms with Gasteiger partial charge in [0, 0.05) is 23.9 Å². The molecule has 0 aromatic carbocycles. The standard InChI is InChI=1S/C19H30N2O4/c22-17(12-4-1-2-5-12)20-14-10-8-13(9-11-14)18(23)21-16-7-3-6-15(16)19(24)25/h12-16H,1-11H2,(H,20,22)(H,21,23)(H,24,25)/t13?,14?,15-,16+/m1/s1. The summed E-state index contributed by atoms with van der Waals surface area (Å²) in [5, 5.41) is 15.4. The van der Waals surface area contributed by atoms with Gasteiger partial charge in [-0.2, -0.15) is 0 Å². The Kier molecular flexibility index (Phi) is 5.97. The van der Waals surface area contributed by atoms with Gasteiger partial charge in [0.15, 0.2) is 0 Å². The summed E-state index contributed by atoms with van der Waals surface area (Å²) < 4.78 is 0. The zero-order valence-corrected chi connectivity index (χ0v) is 14.8. The number of rotatable bonds is 5. The number of nitrogens with one attached hydrogen (secondary N) is 2. The summed E-state index contributed by atoms with van der Waals surface area (Å²) >= 11 is 0. The van der Waals surface area contributed by atoms with Gasteiger partial charge in [0.25, 0.3) is 0 Å². The first-order valence-electron chi connectivity index (χ1n) is 9.88. The third kappa shape index (κ3) is 4.53. The van der Waals surface area contributed by atoms with Gasteiger partial charge in [-0.05, 0) is 51.4 Å². The molecular weight excluding hydrogens is 320 g/mol. The number of hydrogen-bond donors (Lipinski definition) is 3. The van der Waals surface area contributed by atoms with Gasteiger partial charge in [-0.15, -0.1) is 0 Å². The molecule has 3 N–H and O–H groups in total. The van der Waals surface area contributed by atoms with E-state index < -0.39 is 11.9 Å². The molecule has 0 unspecified atom stereocenters. The fourth-order valence-corrected chi connectivity index (χ4v) is 4.74. The number of carbonyl (C=O) groups excluding carboxylic acids is 2. The molecule has 6 nitrogen and oxygen atoms in total. The molecule has 0 bridgehead atoms. The average Bonchev–Trinajstić information content (AvgIpc) is 3.27. The van der Waals surface area contributed by atoms with Crippen LogP contribution in [0.1, 0.15) is 70.6 Å². The third-order valence-corrected chi connectivity index (χ3v) is 6.33. The molecule has 0 heterocycles. The molecule has 0 radical (unpaired) electrons. The maximum absolute atomic E-state index is 12.5. The summed E-state index contributed by atoms with van der Waals surface area (Å²) in [6.07, 6.45) is 9.82. The maximum Gasteiger partial charge on any atom is 0.308 e. The van der Waals surface area contributed by atoms with Crippen LogP contribution in [0.3, 0.4) is 0 Å². The van der Waals surface area contributed by atoms with Crippen molar-refractivity contribution in [3.05, 3.63) is 0 Å². The van der Waals surface area contributed by atoms with E-state index in [1.807, 2.05) is 0 Å². The Morgan fingerprint density at radius 3 is 1.92 bits per heavy atom. The Bertz CT molecular complexity index is 508. The number of carboxylic acid groups (broad SMARTS) is 1. The lowest BCUT2D eigenvalue weighted by Gasteiger charge is -2.30. The number of carboxylic acids is 1. The molecule has 0 spiro atoms. The first-order valence-corrected chi connectivity index (χ1v) is 9.88. The Balaban J connectivity index is 1.41. The third-order valence-electron chi connectivity index (χ3n) is 6.33. The van der Waals surface area contributed by atoms with E-state index in [1.165, 1.54) is 0 Å². The minimum absolute atomic E-state index is 0.00119. The highest BCUT2D eigenvalue weighted by molar-refractivity contribution is 5.81. The average molecular weight is 350 g/mol. The smallest absolute Gasteiger partial charge is 0.308 e. The lowest BCUT2D eigenvalue weighted by Crippen LogP contribution is -2.46. The monoisotopic (exact) mass is 350 g/mol. The van der Waals surface area contributed by atoms with E-state index in [4.69, 9.17) is 0 Å². The van der Waals surface area contributed by atoms with Crippen molar-refractivity contribution >= 4 is 17.8 Å². The Morgan fingerprint density at radius 1 is 0.680 bits per heavy atom. The predicted octanol–water partition coefficient (Wildman–Crippen LogP) is 2.22. The Labute approximate surface area is 149 Å². The fraction of sp³-hybridized carbons (Fsp3) is 0.842. The van der Waals surface area contributed by atoms with Crippen molar-refractivity contribution < 1.29 is 19.5 Å². The molecule has 6 heteroatoms.